The quantitative estimate of drug-likeness (QED) is 0.836. The summed E-state index contributed by atoms with van der Waals surface area (Å²) in [6, 6.07) is 8.13. The van der Waals surface area contributed by atoms with Crippen LogP contribution < -0.4 is 10.6 Å². The van der Waals surface area contributed by atoms with Gasteiger partial charge in [0, 0.05) is 36.6 Å². The van der Waals surface area contributed by atoms with Crippen molar-refractivity contribution in [1.29, 1.82) is 0 Å². The molecular weight excluding hydrogens is 198 g/mol. The van der Waals surface area contributed by atoms with Crippen molar-refractivity contribution in [2.24, 2.45) is 0 Å². The number of nitrogen functional groups attached to an aromatic ring is 1. The lowest BCUT2D eigenvalue weighted by Gasteiger charge is -2.14. The molecule has 0 atom stereocenters. The fourth-order valence-electron chi connectivity index (χ4n) is 1.76. The van der Waals surface area contributed by atoms with Crippen molar-refractivity contribution in [3.8, 4) is 0 Å². The van der Waals surface area contributed by atoms with Gasteiger partial charge < -0.3 is 10.6 Å². The zero-order valence-electron chi connectivity index (χ0n) is 9.99. The lowest BCUT2D eigenvalue weighted by molar-refractivity contribution is 1.06. The fourth-order valence-corrected chi connectivity index (χ4v) is 1.76. The molecule has 0 amide bonds. The van der Waals surface area contributed by atoms with Gasteiger partial charge in [-0.2, -0.15) is 0 Å². The van der Waals surface area contributed by atoms with Crippen molar-refractivity contribution in [2.75, 3.05) is 24.7 Å². The van der Waals surface area contributed by atoms with E-state index >= 15 is 0 Å². The zero-order chi connectivity index (χ0) is 11.7. The zero-order valence-corrected chi connectivity index (χ0v) is 9.99. The van der Waals surface area contributed by atoms with Gasteiger partial charge in [0.05, 0.1) is 5.52 Å². The maximum absolute atomic E-state index is 6.04. The van der Waals surface area contributed by atoms with Crippen LogP contribution in [0.4, 0.5) is 11.4 Å². The summed E-state index contributed by atoms with van der Waals surface area (Å²) in [5.41, 5.74) is 10.0. The number of rotatable bonds is 2. The molecule has 0 bridgehead atoms. The average Bonchev–Trinajstić information content (AvgIpc) is 2.28. The number of aromatic nitrogens is 1. The number of nitrogens with zero attached hydrogens (tertiary/aromatic N) is 2. The van der Waals surface area contributed by atoms with Crippen LogP contribution in [0.15, 0.2) is 24.3 Å². The lowest BCUT2D eigenvalue weighted by atomic mass is 10.1. The molecule has 2 aromatic rings. The van der Waals surface area contributed by atoms with E-state index in [1.54, 1.807) is 0 Å². The summed E-state index contributed by atoms with van der Waals surface area (Å²) in [4.78, 5) is 6.62. The predicted molar refractivity (Wildman–Crippen MR) is 69.9 cm³/mol. The molecule has 1 heterocycles. The van der Waals surface area contributed by atoms with Gasteiger partial charge in [0.25, 0.3) is 0 Å². The molecule has 16 heavy (non-hydrogen) atoms. The first-order valence-electron chi connectivity index (χ1n) is 5.48. The molecule has 3 heteroatoms. The summed E-state index contributed by atoms with van der Waals surface area (Å²) in [5.74, 6) is 0. The van der Waals surface area contributed by atoms with E-state index < -0.39 is 0 Å². The normalized spacial score (nSPS) is 10.7. The standard InChI is InChI=1S/C13H17N3/c1-4-9-7-12(14)11-8-10(16(2)3)5-6-13(11)15-9/h5-8H,4H2,1-3H3,(H2,14,15). The largest absolute Gasteiger partial charge is 0.398 e. The summed E-state index contributed by atoms with van der Waals surface area (Å²) in [6.45, 7) is 2.09. The van der Waals surface area contributed by atoms with Crippen molar-refractivity contribution >= 4 is 22.3 Å². The van der Waals surface area contributed by atoms with Gasteiger partial charge in [-0.25, -0.2) is 0 Å². The number of hydrogen-bond donors (Lipinski definition) is 1. The molecule has 2 N–H and O–H groups in total. The molecule has 0 saturated carbocycles. The monoisotopic (exact) mass is 215 g/mol. The Morgan fingerprint density at radius 2 is 2.00 bits per heavy atom. The topological polar surface area (TPSA) is 42.1 Å². The maximum Gasteiger partial charge on any atom is 0.0727 e. The molecule has 1 aromatic carbocycles. The van der Waals surface area contributed by atoms with Gasteiger partial charge in [-0.15, -0.1) is 0 Å². The van der Waals surface area contributed by atoms with Crippen molar-refractivity contribution < 1.29 is 0 Å². The number of fused-ring (bicyclic) bond motifs is 1. The third kappa shape index (κ3) is 1.81. The van der Waals surface area contributed by atoms with Gasteiger partial charge in [0.1, 0.15) is 0 Å². The average molecular weight is 215 g/mol. The van der Waals surface area contributed by atoms with E-state index in [0.717, 1.165) is 34.4 Å². The number of benzene rings is 1. The highest BCUT2D eigenvalue weighted by Crippen LogP contribution is 2.25. The van der Waals surface area contributed by atoms with Crippen LogP contribution in [0, 0.1) is 0 Å². The van der Waals surface area contributed by atoms with Crippen LogP contribution in [0.3, 0.4) is 0 Å². The van der Waals surface area contributed by atoms with Crippen LogP contribution in [0.5, 0.6) is 0 Å². The van der Waals surface area contributed by atoms with E-state index in [2.05, 4.69) is 28.9 Å². The van der Waals surface area contributed by atoms with E-state index in [9.17, 15) is 0 Å². The second-order valence-electron chi connectivity index (χ2n) is 4.15. The van der Waals surface area contributed by atoms with E-state index in [1.165, 1.54) is 0 Å². The summed E-state index contributed by atoms with van der Waals surface area (Å²) < 4.78 is 0. The van der Waals surface area contributed by atoms with Gasteiger partial charge in [0.15, 0.2) is 0 Å². The van der Waals surface area contributed by atoms with E-state index in [0.29, 0.717) is 0 Å². The van der Waals surface area contributed by atoms with Gasteiger partial charge >= 0.3 is 0 Å². The minimum Gasteiger partial charge on any atom is -0.398 e. The molecule has 84 valence electrons. The molecule has 0 aliphatic carbocycles. The van der Waals surface area contributed by atoms with Crippen molar-refractivity contribution in [2.45, 2.75) is 13.3 Å². The smallest absolute Gasteiger partial charge is 0.0727 e. The first-order valence-corrected chi connectivity index (χ1v) is 5.48. The minimum absolute atomic E-state index is 0.811. The number of pyridine rings is 1. The van der Waals surface area contributed by atoms with Gasteiger partial charge in [0.2, 0.25) is 0 Å². The van der Waals surface area contributed by atoms with Gasteiger partial charge in [-0.3, -0.25) is 4.98 Å². The summed E-state index contributed by atoms with van der Waals surface area (Å²) in [6.07, 6.45) is 0.912. The Balaban J connectivity index is 2.65. The Labute approximate surface area is 95.9 Å². The molecule has 0 unspecified atom stereocenters. The van der Waals surface area contributed by atoms with E-state index in [4.69, 9.17) is 5.73 Å². The third-order valence-electron chi connectivity index (χ3n) is 2.76. The number of nitrogens with two attached hydrogens (primary N) is 1. The molecule has 2 rings (SSSR count). The first-order chi connectivity index (χ1) is 7.61. The summed E-state index contributed by atoms with van der Waals surface area (Å²) in [5, 5.41) is 1.03. The fraction of sp³-hybridized carbons (Fsp3) is 0.308. The Bertz CT molecular complexity index is 518. The molecule has 0 fully saturated rings. The Kier molecular flexibility index (Phi) is 2.69. The molecule has 1 aromatic heterocycles. The van der Waals surface area contributed by atoms with Crippen molar-refractivity contribution in [3.63, 3.8) is 0 Å². The van der Waals surface area contributed by atoms with Gasteiger partial charge in [-0.05, 0) is 30.7 Å². The summed E-state index contributed by atoms with van der Waals surface area (Å²) in [7, 11) is 4.04. The minimum atomic E-state index is 0.811. The Morgan fingerprint density at radius 1 is 1.25 bits per heavy atom. The van der Waals surface area contributed by atoms with Crippen molar-refractivity contribution in [3.05, 3.63) is 30.0 Å². The highest BCUT2D eigenvalue weighted by Gasteiger charge is 2.04. The molecule has 0 aliphatic heterocycles. The number of hydrogen-bond acceptors (Lipinski definition) is 3. The molecule has 0 aliphatic rings. The third-order valence-corrected chi connectivity index (χ3v) is 2.76. The molecule has 0 saturated heterocycles. The maximum atomic E-state index is 6.04. The summed E-state index contributed by atoms with van der Waals surface area (Å²) >= 11 is 0. The lowest BCUT2D eigenvalue weighted by Crippen LogP contribution is -2.08. The van der Waals surface area contributed by atoms with Crippen molar-refractivity contribution in [1.82, 2.24) is 4.98 Å². The Morgan fingerprint density at radius 3 is 2.62 bits per heavy atom. The molecule has 0 spiro atoms. The predicted octanol–water partition coefficient (Wildman–Crippen LogP) is 2.45. The second kappa shape index (κ2) is 4.00. The Hall–Kier alpha value is -1.77. The molecular formula is C13H17N3. The number of anilines is 2. The van der Waals surface area contributed by atoms with Gasteiger partial charge in [-0.1, -0.05) is 6.92 Å². The van der Waals surface area contributed by atoms with Crippen LogP contribution in [0.2, 0.25) is 0 Å². The first kappa shape index (κ1) is 10.7. The molecule has 3 nitrogen and oxygen atoms in total. The van der Waals surface area contributed by atoms with E-state index in [1.807, 2.05) is 26.2 Å². The SMILES string of the molecule is CCc1cc(N)c2cc(N(C)C)ccc2n1. The number of aryl methyl sites for hydroxylation is 1. The molecule has 0 radical (unpaired) electrons. The van der Waals surface area contributed by atoms with Crippen LogP contribution in [0.1, 0.15) is 12.6 Å². The highest BCUT2D eigenvalue weighted by molar-refractivity contribution is 5.92. The second-order valence-corrected chi connectivity index (χ2v) is 4.15. The van der Waals surface area contributed by atoms with Crippen LogP contribution in [-0.4, -0.2) is 19.1 Å². The van der Waals surface area contributed by atoms with E-state index in [-0.39, 0.29) is 0 Å². The van der Waals surface area contributed by atoms with Crippen LogP contribution in [-0.2, 0) is 6.42 Å². The van der Waals surface area contributed by atoms with Crippen LogP contribution >= 0.6 is 0 Å². The highest BCUT2D eigenvalue weighted by atomic mass is 15.1. The van der Waals surface area contributed by atoms with Crippen LogP contribution in [0.25, 0.3) is 10.9 Å².